The molecule has 3 heterocycles. The van der Waals surface area contributed by atoms with Gasteiger partial charge in [0.2, 0.25) is 5.89 Å². The number of anilines is 1. The molecule has 0 spiro atoms. The number of aryl methyl sites for hydroxylation is 2. The van der Waals surface area contributed by atoms with E-state index in [2.05, 4.69) is 25.8 Å². The molecule has 2 aliphatic rings. The number of aliphatic carboxylic acids is 1. The third kappa shape index (κ3) is 4.59. The minimum absolute atomic E-state index is 0.114. The molecule has 2 N–H and O–H groups in total. The van der Waals surface area contributed by atoms with Crippen LogP contribution in [0.2, 0.25) is 0 Å². The number of carbonyl (C=O) groups is 1. The molecular formula is C23H29N7O4. The maximum Gasteiger partial charge on any atom is 0.306 e. The predicted molar refractivity (Wildman–Crippen MR) is 121 cm³/mol. The Morgan fingerprint density at radius 3 is 2.79 bits per heavy atom. The number of hydrogen-bond acceptors (Lipinski definition) is 9. The lowest BCUT2D eigenvalue weighted by Crippen LogP contribution is -2.29. The second kappa shape index (κ2) is 9.40. The summed E-state index contributed by atoms with van der Waals surface area (Å²) in [5, 5.41) is 25.0. The second-order valence-electron chi connectivity index (χ2n) is 9.17. The maximum atomic E-state index is 11.3. The molecule has 5 rings (SSSR count). The zero-order chi connectivity index (χ0) is 23.7. The van der Waals surface area contributed by atoms with Gasteiger partial charge in [-0.25, -0.2) is 9.67 Å². The first-order valence-electron chi connectivity index (χ1n) is 11.8. The van der Waals surface area contributed by atoms with E-state index in [-0.39, 0.29) is 12.0 Å². The molecule has 180 valence electrons. The van der Waals surface area contributed by atoms with Gasteiger partial charge in [0.25, 0.3) is 5.95 Å². The number of pyridine rings is 1. The molecule has 0 unspecified atom stereocenters. The number of aromatic nitrogens is 6. The monoisotopic (exact) mass is 467 g/mol. The van der Waals surface area contributed by atoms with Crippen molar-refractivity contribution in [3.8, 4) is 17.1 Å². The molecule has 2 fully saturated rings. The highest BCUT2D eigenvalue weighted by Crippen LogP contribution is 2.35. The molecule has 0 aliphatic heterocycles. The van der Waals surface area contributed by atoms with Gasteiger partial charge in [0.05, 0.1) is 35.6 Å². The highest BCUT2D eigenvalue weighted by Gasteiger charge is 2.29. The van der Waals surface area contributed by atoms with Crippen LogP contribution in [0.3, 0.4) is 0 Å². The first-order valence-corrected chi connectivity index (χ1v) is 11.8. The molecule has 2 saturated carbocycles. The van der Waals surface area contributed by atoms with Crippen LogP contribution in [0.1, 0.15) is 68.1 Å². The van der Waals surface area contributed by atoms with Crippen LogP contribution >= 0.6 is 0 Å². The Balaban J connectivity index is 1.27. The van der Waals surface area contributed by atoms with Crippen molar-refractivity contribution in [3.05, 3.63) is 29.4 Å². The van der Waals surface area contributed by atoms with Crippen molar-refractivity contribution >= 4 is 11.9 Å². The van der Waals surface area contributed by atoms with Gasteiger partial charge in [0, 0.05) is 13.0 Å². The first kappa shape index (κ1) is 22.3. The van der Waals surface area contributed by atoms with E-state index in [4.69, 9.17) is 14.2 Å². The van der Waals surface area contributed by atoms with Gasteiger partial charge in [0.1, 0.15) is 11.4 Å². The Kier molecular flexibility index (Phi) is 6.16. The highest BCUT2D eigenvalue weighted by atomic mass is 16.5. The van der Waals surface area contributed by atoms with E-state index < -0.39 is 5.97 Å². The molecule has 11 nitrogen and oxygen atoms in total. The standard InChI is InChI=1S/C23H29N7O4/c1-13-19(33-16-8-4-7-15(11-16)22(31)32)10-9-17(25-13)20-18(30(2)29-27-20)12-24-23-26-21(34-28-23)14-5-3-6-14/h9-10,14-16H,3-8,11-12H2,1-2H3,(H,24,28)(H,31,32)/t15-,16-/m0/s1. The lowest BCUT2D eigenvalue weighted by atomic mass is 9.85. The van der Waals surface area contributed by atoms with Crippen molar-refractivity contribution in [2.24, 2.45) is 13.0 Å². The fourth-order valence-electron chi connectivity index (χ4n) is 4.53. The van der Waals surface area contributed by atoms with Gasteiger partial charge >= 0.3 is 5.97 Å². The third-order valence-corrected chi connectivity index (χ3v) is 6.80. The van der Waals surface area contributed by atoms with E-state index in [0.717, 1.165) is 37.1 Å². The summed E-state index contributed by atoms with van der Waals surface area (Å²) in [4.78, 5) is 20.5. The number of ether oxygens (including phenoxy) is 1. The number of nitrogens with one attached hydrogen (secondary N) is 1. The SMILES string of the molecule is Cc1nc(-c2nnn(C)c2CNc2noc(C3CCC3)n2)ccc1O[C@H]1CCC[C@H](C(=O)O)C1. The highest BCUT2D eigenvalue weighted by molar-refractivity contribution is 5.70. The number of nitrogens with zero attached hydrogens (tertiary/aromatic N) is 6. The van der Waals surface area contributed by atoms with Crippen molar-refractivity contribution in [1.29, 1.82) is 0 Å². The van der Waals surface area contributed by atoms with E-state index in [1.165, 1.54) is 6.42 Å². The van der Waals surface area contributed by atoms with Gasteiger partial charge < -0.3 is 19.7 Å². The molecule has 0 bridgehead atoms. The second-order valence-corrected chi connectivity index (χ2v) is 9.17. The summed E-state index contributed by atoms with van der Waals surface area (Å²) < 4.78 is 13.2. The van der Waals surface area contributed by atoms with E-state index >= 15 is 0 Å². The summed E-state index contributed by atoms with van der Waals surface area (Å²) in [5.74, 6) is 1.10. The van der Waals surface area contributed by atoms with Gasteiger partial charge in [-0.05, 0) is 62.7 Å². The van der Waals surface area contributed by atoms with Crippen LogP contribution in [0.25, 0.3) is 11.4 Å². The maximum absolute atomic E-state index is 11.3. The molecule has 0 amide bonds. The molecule has 34 heavy (non-hydrogen) atoms. The minimum Gasteiger partial charge on any atom is -0.489 e. The zero-order valence-electron chi connectivity index (χ0n) is 19.4. The van der Waals surface area contributed by atoms with E-state index in [0.29, 0.717) is 54.3 Å². The Labute approximate surface area is 196 Å². The van der Waals surface area contributed by atoms with E-state index in [1.54, 1.807) is 4.68 Å². The van der Waals surface area contributed by atoms with Crippen LogP contribution < -0.4 is 10.1 Å². The molecule has 11 heteroatoms. The molecule has 2 atom stereocenters. The van der Waals surface area contributed by atoms with Gasteiger partial charge in [-0.15, -0.1) is 5.10 Å². The van der Waals surface area contributed by atoms with Crippen molar-refractivity contribution in [2.75, 3.05) is 5.32 Å². The van der Waals surface area contributed by atoms with Crippen LogP contribution in [-0.4, -0.2) is 47.3 Å². The molecule has 3 aromatic heterocycles. The summed E-state index contributed by atoms with van der Waals surface area (Å²) in [7, 11) is 1.83. The van der Waals surface area contributed by atoms with Gasteiger partial charge in [-0.2, -0.15) is 4.98 Å². The fourth-order valence-corrected chi connectivity index (χ4v) is 4.53. The fraction of sp³-hybridized carbons (Fsp3) is 0.565. The molecular weight excluding hydrogens is 438 g/mol. The average molecular weight is 468 g/mol. The molecule has 0 radical (unpaired) electrons. The van der Waals surface area contributed by atoms with Crippen molar-refractivity contribution in [3.63, 3.8) is 0 Å². The van der Waals surface area contributed by atoms with E-state index in [9.17, 15) is 9.90 Å². The van der Waals surface area contributed by atoms with E-state index in [1.807, 2.05) is 26.1 Å². The van der Waals surface area contributed by atoms with Gasteiger partial charge in [-0.3, -0.25) is 4.79 Å². The zero-order valence-corrected chi connectivity index (χ0v) is 19.4. The van der Waals surface area contributed by atoms with Crippen LogP contribution in [0, 0.1) is 12.8 Å². The number of carboxylic acid groups (broad SMARTS) is 1. The smallest absolute Gasteiger partial charge is 0.306 e. The summed E-state index contributed by atoms with van der Waals surface area (Å²) in [5.41, 5.74) is 2.91. The minimum atomic E-state index is -0.748. The molecule has 2 aliphatic carbocycles. The molecule has 0 saturated heterocycles. The Hall–Kier alpha value is -3.50. The average Bonchev–Trinajstić information content (AvgIpc) is 3.39. The van der Waals surface area contributed by atoms with Crippen molar-refractivity contribution in [1.82, 2.24) is 30.1 Å². The molecule has 3 aromatic rings. The number of carboxylic acids is 1. The van der Waals surface area contributed by atoms with Gasteiger partial charge in [0.15, 0.2) is 0 Å². The number of rotatable bonds is 8. The molecule has 0 aromatic carbocycles. The van der Waals surface area contributed by atoms with Crippen molar-refractivity contribution in [2.45, 2.75) is 70.4 Å². The Morgan fingerprint density at radius 1 is 1.24 bits per heavy atom. The summed E-state index contributed by atoms with van der Waals surface area (Å²) in [6, 6.07) is 3.73. The largest absolute Gasteiger partial charge is 0.489 e. The van der Waals surface area contributed by atoms with Crippen LogP contribution in [0.15, 0.2) is 16.7 Å². The third-order valence-electron chi connectivity index (χ3n) is 6.80. The van der Waals surface area contributed by atoms with Crippen LogP contribution in [-0.2, 0) is 18.4 Å². The topological polar surface area (TPSA) is 141 Å². The quantitative estimate of drug-likeness (QED) is 0.506. The normalized spacial score (nSPS) is 20.6. The lowest BCUT2D eigenvalue weighted by Gasteiger charge is -2.27. The number of hydrogen-bond donors (Lipinski definition) is 2. The van der Waals surface area contributed by atoms with Crippen LogP contribution in [0.5, 0.6) is 5.75 Å². The lowest BCUT2D eigenvalue weighted by molar-refractivity contribution is -0.143. The van der Waals surface area contributed by atoms with Crippen molar-refractivity contribution < 1.29 is 19.2 Å². The first-order chi connectivity index (χ1) is 16.5. The van der Waals surface area contributed by atoms with Crippen LogP contribution in [0.4, 0.5) is 5.95 Å². The Bertz CT molecular complexity index is 1170. The Morgan fingerprint density at radius 2 is 2.06 bits per heavy atom. The summed E-state index contributed by atoms with van der Waals surface area (Å²) >= 11 is 0. The van der Waals surface area contributed by atoms with Gasteiger partial charge in [-0.1, -0.05) is 11.6 Å². The summed E-state index contributed by atoms with van der Waals surface area (Å²) in [6.45, 7) is 2.30. The summed E-state index contributed by atoms with van der Waals surface area (Å²) in [6.07, 6.45) is 6.23. The predicted octanol–water partition coefficient (Wildman–Crippen LogP) is 3.47.